The third-order valence-corrected chi connectivity index (χ3v) is 5.92. The summed E-state index contributed by atoms with van der Waals surface area (Å²) in [4.78, 5) is 34.8. The topological polar surface area (TPSA) is 141 Å². The van der Waals surface area contributed by atoms with Gasteiger partial charge in [0.25, 0.3) is 0 Å². The number of nitrogens with zero attached hydrogens (tertiary/aromatic N) is 4. The smallest absolute Gasteiger partial charge is 0.370 e. The number of nitrogens with one attached hydrogen (secondary N) is 1. The first kappa shape index (κ1) is 28.4. The number of imidazole rings is 1. The predicted octanol–water partition coefficient (Wildman–Crippen LogP) is 3.85. The monoisotopic (exact) mass is 559 g/mol. The Morgan fingerprint density at radius 3 is 2.21 bits per heavy atom. The number of aliphatic imine (C=N–C) groups is 1. The van der Waals surface area contributed by atoms with Gasteiger partial charge in [0.2, 0.25) is 0 Å². The molecule has 5 N–H and O–H groups in total. The van der Waals surface area contributed by atoms with Gasteiger partial charge in [-0.1, -0.05) is 30.3 Å². The Morgan fingerprint density at radius 1 is 1.05 bits per heavy atom. The maximum Gasteiger partial charge on any atom is 0.458 e. The number of fused-ring (bicyclic) bond motifs is 3. The van der Waals surface area contributed by atoms with E-state index in [0.717, 1.165) is 27.5 Å². The van der Waals surface area contributed by atoms with Crippen molar-refractivity contribution in [3.63, 3.8) is 0 Å². The van der Waals surface area contributed by atoms with E-state index >= 15 is 0 Å². The lowest BCUT2D eigenvalue weighted by Crippen LogP contribution is -2.39. The zero-order valence-electron chi connectivity index (χ0n) is 19.4. The van der Waals surface area contributed by atoms with Crippen molar-refractivity contribution in [1.82, 2.24) is 14.4 Å². The highest BCUT2D eigenvalue weighted by atomic mass is 32.1. The first-order valence-corrected chi connectivity index (χ1v) is 11.4. The average molecular weight is 559 g/mol. The van der Waals surface area contributed by atoms with Crippen LogP contribution in [0.1, 0.15) is 5.69 Å². The number of thiophene rings is 1. The number of benzene rings is 1. The van der Waals surface area contributed by atoms with Gasteiger partial charge in [-0.25, -0.2) is 9.97 Å². The minimum Gasteiger partial charge on any atom is -0.370 e. The van der Waals surface area contributed by atoms with Crippen molar-refractivity contribution in [3.05, 3.63) is 48.3 Å². The van der Waals surface area contributed by atoms with E-state index in [0.29, 0.717) is 13.1 Å². The van der Waals surface area contributed by atoms with Crippen molar-refractivity contribution in [1.29, 1.82) is 0 Å². The number of hydrogen-bond acceptors (Lipinski definition) is 7. The molecular weight excluding hydrogens is 540 g/mol. The summed E-state index contributed by atoms with van der Waals surface area (Å²) in [6, 6.07) is 12.4. The number of nitrogens with two attached hydrogens (primary N) is 2. The molecule has 4 rings (SSSR count). The Bertz CT molecular complexity index is 1470. The number of carbonyl (C=O) groups is 2. The van der Waals surface area contributed by atoms with Gasteiger partial charge in [-0.2, -0.15) is 26.3 Å². The number of rotatable bonds is 6. The standard InChI is InChI=1S/C18H19N7S.C4F6O2/c1-11-10-23-16-15(21-7-8-22-18(19)20)24-13-9-14(26-17(13)25(11)16)12-5-3-2-4-6-12;5-3(6,7)1(11)2(12)4(8,9)10/h2-6,9-10H,7-8H2,1H3,(H,21,24)(H4,19,20,22);. The van der Waals surface area contributed by atoms with Crippen LogP contribution in [0.4, 0.5) is 32.2 Å². The number of ketones is 2. The van der Waals surface area contributed by atoms with Gasteiger partial charge in [-0.05, 0) is 18.6 Å². The van der Waals surface area contributed by atoms with Crippen LogP contribution in [0.15, 0.2) is 47.6 Å². The van der Waals surface area contributed by atoms with Crippen molar-refractivity contribution in [3.8, 4) is 10.4 Å². The molecule has 0 aliphatic heterocycles. The third-order valence-electron chi connectivity index (χ3n) is 4.76. The van der Waals surface area contributed by atoms with E-state index in [1.807, 2.05) is 31.3 Å². The Hall–Kier alpha value is -4.21. The first-order chi connectivity index (χ1) is 17.7. The molecular formula is C22H19F6N7O2S. The van der Waals surface area contributed by atoms with Crippen molar-refractivity contribution in [2.75, 3.05) is 18.4 Å². The summed E-state index contributed by atoms with van der Waals surface area (Å²) >= 11 is 1.72. The number of halogens is 6. The lowest BCUT2D eigenvalue weighted by molar-refractivity contribution is -0.193. The van der Waals surface area contributed by atoms with Gasteiger partial charge in [0.15, 0.2) is 17.4 Å². The van der Waals surface area contributed by atoms with E-state index < -0.39 is 23.9 Å². The van der Waals surface area contributed by atoms with E-state index in [2.05, 4.69) is 37.9 Å². The number of aromatic nitrogens is 3. The number of anilines is 1. The quantitative estimate of drug-likeness (QED) is 0.107. The van der Waals surface area contributed by atoms with Gasteiger partial charge >= 0.3 is 23.9 Å². The summed E-state index contributed by atoms with van der Waals surface area (Å²) in [5.74, 6) is -6.00. The summed E-state index contributed by atoms with van der Waals surface area (Å²) in [6.07, 6.45) is -9.68. The molecule has 3 heterocycles. The lowest BCUT2D eigenvalue weighted by Gasteiger charge is -2.07. The predicted molar refractivity (Wildman–Crippen MR) is 130 cm³/mol. The molecule has 0 saturated heterocycles. The van der Waals surface area contributed by atoms with Crippen LogP contribution in [0.2, 0.25) is 0 Å². The second kappa shape index (κ2) is 11.0. The summed E-state index contributed by atoms with van der Waals surface area (Å²) in [7, 11) is 0. The van der Waals surface area contributed by atoms with Gasteiger partial charge in [0, 0.05) is 23.3 Å². The van der Waals surface area contributed by atoms with Gasteiger partial charge in [0.1, 0.15) is 10.3 Å². The van der Waals surface area contributed by atoms with Crippen LogP contribution in [-0.2, 0) is 9.59 Å². The summed E-state index contributed by atoms with van der Waals surface area (Å²) in [5.41, 5.74) is 14.7. The minimum absolute atomic E-state index is 0.0855. The third kappa shape index (κ3) is 6.56. The first-order valence-electron chi connectivity index (χ1n) is 10.5. The summed E-state index contributed by atoms with van der Waals surface area (Å²) in [5, 5.41) is 3.29. The Kier molecular flexibility index (Phi) is 8.24. The van der Waals surface area contributed by atoms with Crippen molar-refractivity contribution >= 4 is 50.7 Å². The minimum atomic E-state index is -5.77. The van der Waals surface area contributed by atoms with Gasteiger partial charge in [0.05, 0.1) is 6.54 Å². The van der Waals surface area contributed by atoms with E-state index in [1.165, 1.54) is 10.4 Å². The molecule has 0 radical (unpaired) electrons. The molecule has 202 valence electrons. The molecule has 0 aliphatic rings. The summed E-state index contributed by atoms with van der Waals surface area (Å²) < 4.78 is 69.1. The van der Waals surface area contributed by atoms with Crippen molar-refractivity contribution in [2.45, 2.75) is 19.3 Å². The molecule has 3 aromatic heterocycles. The van der Waals surface area contributed by atoms with Crippen LogP contribution in [0.3, 0.4) is 0 Å². The van der Waals surface area contributed by atoms with Crippen LogP contribution in [-0.4, -0.2) is 57.3 Å². The molecule has 0 bridgehead atoms. The molecule has 0 aliphatic carbocycles. The SMILES string of the molecule is Cc1cnc2c(NCCN=C(N)N)nc3cc(-c4ccccc4)sc3n12.O=C(C(=O)C(F)(F)F)C(F)(F)F. The molecule has 0 atom stereocenters. The van der Waals surface area contributed by atoms with Crippen LogP contribution in [0, 0.1) is 6.92 Å². The highest BCUT2D eigenvalue weighted by Gasteiger charge is 2.54. The second-order valence-electron chi connectivity index (χ2n) is 7.57. The van der Waals surface area contributed by atoms with Crippen LogP contribution in [0.5, 0.6) is 0 Å². The Morgan fingerprint density at radius 2 is 1.66 bits per heavy atom. The zero-order chi connectivity index (χ0) is 28.3. The number of guanidine groups is 1. The zero-order valence-corrected chi connectivity index (χ0v) is 20.2. The fourth-order valence-corrected chi connectivity index (χ4v) is 4.29. The van der Waals surface area contributed by atoms with Crippen LogP contribution in [0.25, 0.3) is 26.4 Å². The van der Waals surface area contributed by atoms with E-state index in [9.17, 15) is 35.9 Å². The molecule has 0 amide bonds. The molecule has 9 nitrogen and oxygen atoms in total. The van der Waals surface area contributed by atoms with Gasteiger partial charge in [-0.15, -0.1) is 11.3 Å². The molecule has 0 unspecified atom stereocenters. The maximum atomic E-state index is 11.2. The highest BCUT2D eigenvalue weighted by Crippen LogP contribution is 2.35. The molecule has 4 aromatic rings. The number of hydrogen-bond donors (Lipinski definition) is 3. The number of carbonyl (C=O) groups excluding carboxylic acids is 2. The average Bonchev–Trinajstić information content (AvgIpc) is 3.44. The Balaban J connectivity index is 0.000000284. The molecule has 0 spiro atoms. The largest absolute Gasteiger partial charge is 0.458 e. The highest BCUT2D eigenvalue weighted by molar-refractivity contribution is 7.21. The van der Waals surface area contributed by atoms with Crippen molar-refractivity contribution < 1.29 is 35.9 Å². The fourth-order valence-electron chi connectivity index (χ4n) is 3.12. The number of Topliss-reactive ketones (excluding diaryl/α,β-unsaturated/α-hetero) is 2. The van der Waals surface area contributed by atoms with Gasteiger partial charge < -0.3 is 16.8 Å². The normalized spacial score (nSPS) is 11.7. The number of aryl methyl sites for hydroxylation is 1. The van der Waals surface area contributed by atoms with Crippen LogP contribution < -0.4 is 16.8 Å². The molecule has 1 aromatic carbocycles. The van der Waals surface area contributed by atoms with Gasteiger partial charge in [-0.3, -0.25) is 19.0 Å². The summed E-state index contributed by atoms with van der Waals surface area (Å²) in [6.45, 7) is 3.10. The fraction of sp³-hybridized carbons (Fsp3) is 0.227. The van der Waals surface area contributed by atoms with E-state index in [4.69, 9.17) is 16.5 Å². The van der Waals surface area contributed by atoms with Crippen molar-refractivity contribution in [2.24, 2.45) is 16.5 Å². The number of alkyl halides is 6. The lowest BCUT2D eigenvalue weighted by atomic mass is 10.2. The van der Waals surface area contributed by atoms with Crippen LogP contribution >= 0.6 is 11.3 Å². The van der Waals surface area contributed by atoms with E-state index in [1.54, 1.807) is 11.3 Å². The second-order valence-corrected chi connectivity index (χ2v) is 8.60. The maximum absolute atomic E-state index is 11.2. The molecule has 0 fully saturated rings. The van der Waals surface area contributed by atoms with E-state index in [-0.39, 0.29) is 5.96 Å². The molecule has 16 heteroatoms. The molecule has 38 heavy (non-hydrogen) atoms. The molecule has 0 saturated carbocycles. The Labute approximate surface area is 214 Å².